The van der Waals surface area contributed by atoms with Crippen LogP contribution in [0.3, 0.4) is 0 Å². The number of nitrogens with zero attached hydrogens (tertiary/aromatic N) is 3. The summed E-state index contributed by atoms with van der Waals surface area (Å²) in [5.74, 6) is 0.915. The molecule has 2 aromatic rings. The molecule has 1 aromatic heterocycles. The third-order valence-corrected chi connectivity index (χ3v) is 7.16. The molecule has 29 heavy (non-hydrogen) atoms. The van der Waals surface area contributed by atoms with Crippen LogP contribution < -0.4 is 10.2 Å². The van der Waals surface area contributed by atoms with Gasteiger partial charge >= 0.3 is 0 Å². The maximum absolute atomic E-state index is 13.2. The summed E-state index contributed by atoms with van der Waals surface area (Å²) in [5, 5.41) is 2.97. The molecular weight excluding hydrogens is 388 g/mol. The summed E-state index contributed by atoms with van der Waals surface area (Å²) >= 11 is 0. The second-order valence-corrected chi connectivity index (χ2v) is 9.89. The van der Waals surface area contributed by atoms with Crippen molar-refractivity contribution in [1.29, 1.82) is 0 Å². The summed E-state index contributed by atoms with van der Waals surface area (Å²) < 4.78 is 23.6. The lowest BCUT2D eigenvalue weighted by Gasteiger charge is -2.33. The number of nitrogens with one attached hydrogen (secondary N) is 1. The number of carbonyl (C=O) groups excluding carboxylic acids is 1. The van der Waals surface area contributed by atoms with Gasteiger partial charge in [0.15, 0.2) is 9.84 Å². The molecule has 0 radical (unpaired) electrons. The minimum atomic E-state index is -3.02. The Kier molecular flexibility index (Phi) is 5.82. The highest BCUT2D eigenvalue weighted by atomic mass is 32.2. The minimum Gasteiger partial charge on any atom is -0.357 e. The van der Waals surface area contributed by atoms with Gasteiger partial charge in [0.1, 0.15) is 11.9 Å². The van der Waals surface area contributed by atoms with E-state index in [1.54, 1.807) is 6.20 Å². The topological polar surface area (TPSA) is 82.6 Å². The number of pyridine rings is 1. The number of benzene rings is 1. The van der Waals surface area contributed by atoms with Crippen LogP contribution in [0, 0.1) is 0 Å². The fourth-order valence-electron chi connectivity index (χ4n) is 3.95. The first kappa shape index (κ1) is 19.8. The number of rotatable bonds is 5. The van der Waals surface area contributed by atoms with E-state index in [1.807, 2.05) is 47.4 Å². The summed E-state index contributed by atoms with van der Waals surface area (Å²) in [7, 11) is -3.02. The minimum absolute atomic E-state index is 0.0791. The molecule has 7 nitrogen and oxygen atoms in total. The van der Waals surface area contributed by atoms with Crippen LogP contribution in [0.4, 0.5) is 11.5 Å². The van der Waals surface area contributed by atoms with Crippen molar-refractivity contribution in [2.45, 2.75) is 18.9 Å². The van der Waals surface area contributed by atoms with Gasteiger partial charge in [0, 0.05) is 26.2 Å². The van der Waals surface area contributed by atoms with Gasteiger partial charge in [-0.3, -0.25) is 9.69 Å². The molecule has 8 heteroatoms. The monoisotopic (exact) mass is 414 g/mol. The first-order chi connectivity index (χ1) is 14.0. The Morgan fingerprint density at radius 2 is 1.66 bits per heavy atom. The van der Waals surface area contributed by atoms with Gasteiger partial charge in [0.05, 0.1) is 23.4 Å². The molecule has 2 aliphatic heterocycles. The maximum Gasteiger partial charge on any atom is 0.246 e. The highest BCUT2D eigenvalue weighted by Crippen LogP contribution is 2.25. The van der Waals surface area contributed by atoms with Gasteiger partial charge in [-0.05, 0) is 30.5 Å². The zero-order chi connectivity index (χ0) is 20.3. The van der Waals surface area contributed by atoms with Crippen LogP contribution in [-0.4, -0.2) is 61.9 Å². The molecule has 2 aliphatic rings. The van der Waals surface area contributed by atoms with Crippen LogP contribution in [0.25, 0.3) is 0 Å². The molecule has 3 heterocycles. The van der Waals surface area contributed by atoms with Crippen molar-refractivity contribution in [2.75, 3.05) is 47.9 Å². The Labute approximate surface area is 171 Å². The lowest BCUT2D eigenvalue weighted by molar-refractivity contribution is -0.121. The second kappa shape index (κ2) is 8.51. The summed E-state index contributed by atoms with van der Waals surface area (Å²) in [6.45, 7) is 2.74. The van der Waals surface area contributed by atoms with Crippen LogP contribution in [0.1, 0.15) is 24.4 Å². The van der Waals surface area contributed by atoms with Crippen LogP contribution in [0.5, 0.6) is 0 Å². The number of sulfone groups is 1. The summed E-state index contributed by atoms with van der Waals surface area (Å²) in [5.41, 5.74) is 1.49. The Bertz CT molecular complexity index is 928. The van der Waals surface area contributed by atoms with Crippen molar-refractivity contribution in [2.24, 2.45) is 0 Å². The molecule has 0 spiro atoms. The van der Waals surface area contributed by atoms with Gasteiger partial charge in [-0.15, -0.1) is 0 Å². The Balaban J connectivity index is 1.50. The highest BCUT2D eigenvalue weighted by molar-refractivity contribution is 7.91. The first-order valence-corrected chi connectivity index (χ1v) is 11.9. The number of aromatic nitrogens is 1. The highest BCUT2D eigenvalue weighted by Gasteiger charge is 2.32. The van der Waals surface area contributed by atoms with Crippen molar-refractivity contribution < 1.29 is 13.2 Å². The maximum atomic E-state index is 13.2. The van der Waals surface area contributed by atoms with Gasteiger partial charge in [-0.25, -0.2) is 13.4 Å². The number of amides is 1. The van der Waals surface area contributed by atoms with Crippen LogP contribution in [0.15, 0.2) is 48.7 Å². The molecule has 0 bridgehead atoms. The van der Waals surface area contributed by atoms with Crippen LogP contribution >= 0.6 is 0 Å². The molecule has 1 N–H and O–H groups in total. The summed E-state index contributed by atoms with van der Waals surface area (Å²) in [4.78, 5) is 21.9. The standard InChI is InChI=1S/C21H26N4O3S/c26-21(23-18-8-9-19(22-16-18)24-10-4-5-11-24)20(17-6-2-1-3-7-17)25-12-14-29(27,28)15-13-25/h1-3,6-9,16,20H,4-5,10-15H2,(H,23,26). The Hall–Kier alpha value is -2.45. The van der Waals surface area contributed by atoms with E-state index in [9.17, 15) is 13.2 Å². The molecule has 2 saturated heterocycles. The van der Waals surface area contributed by atoms with Crippen molar-refractivity contribution in [1.82, 2.24) is 9.88 Å². The molecule has 1 amide bonds. The first-order valence-electron chi connectivity index (χ1n) is 10.0. The number of hydrogen-bond acceptors (Lipinski definition) is 6. The fraction of sp³-hybridized carbons (Fsp3) is 0.429. The average Bonchev–Trinajstić information content (AvgIpc) is 3.26. The van der Waals surface area contributed by atoms with E-state index in [2.05, 4.69) is 15.2 Å². The van der Waals surface area contributed by atoms with E-state index in [0.717, 1.165) is 24.5 Å². The van der Waals surface area contributed by atoms with Crippen molar-refractivity contribution >= 4 is 27.2 Å². The van der Waals surface area contributed by atoms with Crippen LogP contribution in [0.2, 0.25) is 0 Å². The average molecular weight is 415 g/mol. The van der Waals surface area contributed by atoms with Gasteiger partial charge in [-0.1, -0.05) is 30.3 Å². The van der Waals surface area contributed by atoms with E-state index < -0.39 is 15.9 Å². The molecule has 2 fully saturated rings. The third-order valence-electron chi connectivity index (χ3n) is 5.55. The number of anilines is 2. The molecule has 1 atom stereocenters. The van der Waals surface area contributed by atoms with Crippen molar-refractivity contribution in [3.05, 3.63) is 54.2 Å². The second-order valence-electron chi connectivity index (χ2n) is 7.59. The van der Waals surface area contributed by atoms with Crippen LogP contribution in [-0.2, 0) is 14.6 Å². The molecule has 1 aromatic carbocycles. The van der Waals surface area contributed by atoms with E-state index in [-0.39, 0.29) is 17.4 Å². The van der Waals surface area contributed by atoms with Gasteiger partial charge < -0.3 is 10.2 Å². The lowest BCUT2D eigenvalue weighted by atomic mass is 10.0. The predicted molar refractivity (Wildman–Crippen MR) is 114 cm³/mol. The van der Waals surface area contributed by atoms with Crippen molar-refractivity contribution in [3.63, 3.8) is 0 Å². The van der Waals surface area contributed by atoms with Gasteiger partial charge in [0.25, 0.3) is 0 Å². The third kappa shape index (κ3) is 4.76. The summed E-state index contributed by atoms with van der Waals surface area (Å²) in [6, 6.07) is 12.8. The van der Waals surface area contributed by atoms with Gasteiger partial charge in [0.2, 0.25) is 5.91 Å². The van der Waals surface area contributed by atoms with Gasteiger partial charge in [-0.2, -0.15) is 0 Å². The quantitative estimate of drug-likeness (QED) is 0.807. The zero-order valence-electron chi connectivity index (χ0n) is 16.3. The smallest absolute Gasteiger partial charge is 0.246 e. The van der Waals surface area contributed by atoms with Crippen molar-refractivity contribution in [3.8, 4) is 0 Å². The molecule has 4 rings (SSSR count). The molecular formula is C21H26N4O3S. The normalized spacial score (nSPS) is 20.3. The lowest BCUT2D eigenvalue weighted by Crippen LogP contribution is -2.46. The number of hydrogen-bond donors (Lipinski definition) is 1. The molecule has 154 valence electrons. The predicted octanol–water partition coefficient (Wildman–Crippen LogP) is 2.09. The zero-order valence-corrected chi connectivity index (χ0v) is 17.1. The van der Waals surface area contributed by atoms with E-state index >= 15 is 0 Å². The van der Waals surface area contributed by atoms with E-state index in [4.69, 9.17) is 0 Å². The Morgan fingerprint density at radius 1 is 0.966 bits per heavy atom. The fourth-order valence-corrected chi connectivity index (χ4v) is 5.18. The Morgan fingerprint density at radius 3 is 2.28 bits per heavy atom. The molecule has 1 unspecified atom stereocenters. The van der Waals surface area contributed by atoms with E-state index in [0.29, 0.717) is 18.8 Å². The molecule has 0 aliphatic carbocycles. The molecule has 0 saturated carbocycles. The largest absolute Gasteiger partial charge is 0.357 e. The summed E-state index contributed by atoms with van der Waals surface area (Å²) in [6.07, 6.45) is 4.06. The van der Waals surface area contributed by atoms with E-state index in [1.165, 1.54) is 12.8 Å². The number of carbonyl (C=O) groups is 1. The SMILES string of the molecule is O=C(Nc1ccc(N2CCCC2)nc1)C(c1ccccc1)N1CCS(=O)(=O)CC1.